The second kappa shape index (κ2) is 4.45. The molecule has 2 aromatic carbocycles. The Hall–Kier alpha value is -1.35. The number of halogens is 2. The maximum Gasteiger partial charge on any atom is 0.165 e. The van der Waals surface area contributed by atoms with Gasteiger partial charge in [-0.15, -0.1) is 0 Å². The maximum atomic E-state index is 13.3. The molecule has 15 heavy (non-hydrogen) atoms. The van der Waals surface area contributed by atoms with Gasteiger partial charge in [0, 0.05) is 0 Å². The zero-order chi connectivity index (χ0) is 10.7. The van der Waals surface area contributed by atoms with E-state index in [2.05, 4.69) is 15.9 Å². The third kappa shape index (κ3) is 2.36. The molecule has 0 saturated carbocycles. The molecule has 0 aliphatic rings. The van der Waals surface area contributed by atoms with Crippen molar-refractivity contribution in [2.24, 2.45) is 0 Å². The Bertz CT molecular complexity index is 427. The summed E-state index contributed by atoms with van der Waals surface area (Å²) in [6.45, 7) is 0. The third-order valence-electron chi connectivity index (χ3n) is 1.89. The summed E-state index contributed by atoms with van der Waals surface area (Å²) in [6, 6.07) is 13.6. The smallest absolute Gasteiger partial charge is 0.165 e. The zero-order valence-corrected chi connectivity index (χ0v) is 9.37. The lowest BCUT2D eigenvalue weighted by Gasteiger charge is -2.07. The topological polar surface area (TPSA) is 9.23 Å². The van der Waals surface area contributed by atoms with Crippen molar-refractivity contribution in [3.63, 3.8) is 0 Å². The number of hydrogen-bond donors (Lipinski definition) is 0. The zero-order valence-electron chi connectivity index (χ0n) is 7.78. The van der Waals surface area contributed by atoms with Crippen LogP contribution in [0.4, 0.5) is 4.39 Å². The summed E-state index contributed by atoms with van der Waals surface area (Å²) in [5, 5.41) is 0. The van der Waals surface area contributed by atoms with Crippen molar-refractivity contribution in [3.05, 3.63) is 58.8 Å². The molecule has 2 rings (SSSR count). The van der Waals surface area contributed by atoms with Crippen molar-refractivity contribution in [2.75, 3.05) is 0 Å². The number of rotatable bonds is 2. The normalized spacial score (nSPS) is 10.0. The highest BCUT2D eigenvalue weighted by atomic mass is 79.9. The summed E-state index contributed by atoms with van der Waals surface area (Å²) < 4.78 is 19.5. The van der Waals surface area contributed by atoms with E-state index in [4.69, 9.17) is 4.74 Å². The maximum absolute atomic E-state index is 13.3. The molecule has 0 fully saturated rings. The van der Waals surface area contributed by atoms with Gasteiger partial charge in [0.05, 0.1) is 4.47 Å². The van der Waals surface area contributed by atoms with Crippen LogP contribution >= 0.6 is 15.9 Å². The highest BCUT2D eigenvalue weighted by Gasteiger charge is 2.05. The molecule has 76 valence electrons. The lowest BCUT2D eigenvalue weighted by molar-refractivity contribution is 0.440. The van der Waals surface area contributed by atoms with Gasteiger partial charge in [0.1, 0.15) is 5.75 Å². The molecule has 0 bridgehead atoms. The average molecular weight is 267 g/mol. The molecule has 0 aliphatic heterocycles. The van der Waals surface area contributed by atoms with Gasteiger partial charge in [0.15, 0.2) is 11.6 Å². The van der Waals surface area contributed by atoms with Crippen LogP contribution < -0.4 is 4.74 Å². The van der Waals surface area contributed by atoms with Crippen LogP contribution in [0.2, 0.25) is 0 Å². The minimum absolute atomic E-state index is 0.226. The molecule has 3 heteroatoms. The molecule has 0 heterocycles. The van der Waals surface area contributed by atoms with Gasteiger partial charge in [0.2, 0.25) is 0 Å². The Labute approximate surface area is 95.6 Å². The van der Waals surface area contributed by atoms with Crippen LogP contribution in [0, 0.1) is 5.82 Å². The largest absolute Gasteiger partial charge is 0.453 e. The summed E-state index contributed by atoms with van der Waals surface area (Å²) in [5.41, 5.74) is 0. The molecule has 0 spiro atoms. The van der Waals surface area contributed by atoms with Crippen LogP contribution in [-0.4, -0.2) is 0 Å². The molecule has 1 nitrogen and oxygen atoms in total. The van der Waals surface area contributed by atoms with Crippen molar-refractivity contribution >= 4 is 15.9 Å². The highest BCUT2D eigenvalue weighted by molar-refractivity contribution is 9.10. The fourth-order valence-corrected chi connectivity index (χ4v) is 1.54. The lowest BCUT2D eigenvalue weighted by Crippen LogP contribution is -1.88. The predicted molar refractivity (Wildman–Crippen MR) is 60.6 cm³/mol. The monoisotopic (exact) mass is 266 g/mol. The van der Waals surface area contributed by atoms with Crippen molar-refractivity contribution in [1.82, 2.24) is 0 Å². The second-order valence-electron chi connectivity index (χ2n) is 2.96. The van der Waals surface area contributed by atoms with Crippen molar-refractivity contribution in [3.8, 4) is 11.5 Å². The van der Waals surface area contributed by atoms with E-state index in [1.165, 1.54) is 6.07 Å². The molecule has 0 amide bonds. The summed E-state index contributed by atoms with van der Waals surface area (Å²) in [5.74, 6) is 0.459. The van der Waals surface area contributed by atoms with Gasteiger partial charge in [-0.3, -0.25) is 0 Å². The molecule has 0 unspecified atom stereocenters. The third-order valence-corrected chi connectivity index (χ3v) is 2.55. The fraction of sp³-hybridized carbons (Fsp3) is 0. The van der Waals surface area contributed by atoms with Crippen LogP contribution in [0.15, 0.2) is 53.0 Å². The van der Waals surface area contributed by atoms with Crippen molar-refractivity contribution < 1.29 is 9.13 Å². The van der Waals surface area contributed by atoms with Gasteiger partial charge in [-0.25, -0.2) is 4.39 Å². The van der Waals surface area contributed by atoms with Crippen molar-refractivity contribution in [2.45, 2.75) is 0 Å². The summed E-state index contributed by atoms with van der Waals surface area (Å²) in [7, 11) is 0. The van der Waals surface area contributed by atoms with Crippen LogP contribution in [0.1, 0.15) is 0 Å². The standard InChI is InChI=1S/C12H8BrFO/c13-9-5-1-3-7-11(9)15-12-8-4-2-6-10(12)14/h1-8H. The average Bonchev–Trinajstić information content (AvgIpc) is 2.24. The summed E-state index contributed by atoms with van der Waals surface area (Å²) in [6.07, 6.45) is 0. The molecule has 0 aromatic heterocycles. The second-order valence-corrected chi connectivity index (χ2v) is 3.82. The molecule has 0 N–H and O–H groups in total. The minimum Gasteiger partial charge on any atom is -0.453 e. The van der Waals surface area contributed by atoms with E-state index in [-0.39, 0.29) is 11.6 Å². The fourth-order valence-electron chi connectivity index (χ4n) is 1.17. The molecule has 0 atom stereocenters. The van der Waals surface area contributed by atoms with Crippen LogP contribution in [0.5, 0.6) is 11.5 Å². The van der Waals surface area contributed by atoms with E-state index in [0.717, 1.165) is 4.47 Å². The van der Waals surface area contributed by atoms with Gasteiger partial charge >= 0.3 is 0 Å². The van der Waals surface area contributed by atoms with E-state index in [1.54, 1.807) is 24.3 Å². The predicted octanol–water partition coefficient (Wildman–Crippen LogP) is 4.38. The van der Waals surface area contributed by atoms with E-state index >= 15 is 0 Å². The van der Waals surface area contributed by atoms with E-state index < -0.39 is 0 Å². The number of para-hydroxylation sites is 2. The Kier molecular flexibility index (Phi) is 3.02. The first-order chi connectivity index (χ1) is 7.27. The SMILES string of the molecule is Fc1ccccc1Oc1ccccc1Br. The van der Waals surface area contributed by atoms with Gasteiger partial charge < -0.3 is 4.74 Å². The molecule has 0 aliphatic carbocycles. The number of benzene rings is 2. The molecule has 2 aromatic rings. The Morgan fingerprint density at radius 2 is 1.47 bits per heavy atom. The number of ether oxygens (including phenoxy) is 1. The minimum atomic E-state index is -0.367. The Morgan fingerprint density at radius 3 is 2.13 bits per heavy atom. The molecule has 0 saturated heterocycles. The Morgan fingerprint density at radius 1 is 0.867 bits per heavy atom. The number of hydrogen-bond acceptors (Lipinski definition) is 1. The molecule has 0 radical (unpaired) electrons. The quantitative estimate of drug-likeness (QED) is 0.784. The molecular weight excluding hydrogens is 259 g/mol. The molecular formula is C12H8BrFO. The summed E-state index contributed by atoms with van der Waals surface area (Å²) in [4.78, 5) is 0. The first-order valence-corrected chi connectivity index (χ1v) is 5.23. The van der Waals surface area contributed by atoms with Gasteiger partial charge in [-0.1, -0.05) is 24.3 Å². The summed E-state index contributed by atoms with van der Waals surface area (Å²) >= 11 is 3.33. The van der Waals surface area contributed by atoms with E-state index in [9.17, 15) is 4.39 Å². The van der Waals surface area contributed by atoms with Crippen LogP contribution in [-0.2, 0) is 0 Å². The van der Waals surface area contributed by atoms with Crippen LogP contribution in [0.3, 0.4) is 0 Å². The van der Waals surface area contributed by atoms with E-state index in [0.29, 0.717) is 5.75 Å². The lowest BCUT2D eigenvalue weighted by atomic mass is 10.3. The van der Waals surface area contributed by atoms with Crippen molar-refractivity contribution in [1.29, 1.82) is 0 Å². The van der Waals surface area contributed by atoms with Gasteiger partial charge in [0.25, 0.3) is 0 Å². The first kappa shape index (κ1) is 10.2. The van der Waals surface area contributed by atoms with Gasteiger partial charge in [-0.2, -0.15) is 0 Å². The first-order valence-electron chi connectivity index (χ1n) is 4.44. The van der Waals surface area contributed by atoms with Gasteiger partial charge in [-0.05, 0) is 40.2 Å². The highest BCUT2D eigenvalue weighted by Crippen LogP contribution is 2.30. The van der Waals surface area contributed by atoms with E-state index in [1.807, 2.05) is 18.2 Å². The Balaban J connectivity index is 2.30. The van der Waals surface area contributed by atoms with Crippen LogP contribution in [0.25, 0.3) is 0 Å².